The number of rotatable bonds is 4. The van der Waals surface area contributed by atoms with Crippen molar-refractivity contribution >= 4 is 46.4 Å². The smallest absolute Gasteiger partial charge is 0.266 e. The minimum atomic E-state index is -0.996. The quantitative estimate of drug-likeness (QED) is 0.501. The molecule has 2 fully saturated rings. The van der Waals surface area contributed by atoms with E-state index in [1.165, 1.54) is 7.11 Å². The Morgan fingerprint density at radius 1 is 0.906 bits per heavy atom. The first-order valence-electron chi connectivity index (χ1n) is 9.98. The van der Waals surface area contributed by atoms with Crippen LogP contribution in [-0.2, 0) is 14.4 Å². The molecule has 0 saturated carbocycles. The van der Waals surface area contributed by atoms with Crippen molar-refractivity contribution in [1.82, 2.24) is 0 Å². The number of halogens is 2. The molecule has 0 aromatic heterocycles. The number of para-hydroxylation sites is 3. The van der Waals surface area contributed by atoms with Gasteiger partial charge in [-0.2, -0.15) is 0 Å². The van der Waals surface area contributed by atoms with Crippen LogP contribution in [0.3, 0.4) is 0 Å². The average Bonchev–Trinajstić information content (AvgIpc) is 3.30. The number of hydroxylamine groups is 1. The molecule has 0 bridgehead atoms. The lowest BCUT2D eigenvalue weighted by Crippen LogP contribution is -2.37. The number of carbonyl (C=O) groups excluding carboxylic acids is 2. The van der Waals surface area contributed by atoms with Gasteiger partial charge in [0.15, 0.2) is 6.10 Å². The fraction of sp³-hybridized carbons (Fsp3) is 0.167. The van der Waals surface area contributed by atoms with Gasteiger partial charge >= 0.3 is 0 Å². The van der Waals surface area contributed by atoms with Crippen molar-refractivity contribution in [3.63, 3.8) is 0 Å². The fourth-order valence-electron chi connectivity index (χ4n) is 4.32. The van der Waals surface area contributed by atoms with Crippen LogP contribution in [0.5, 0.6) is 5.75 Å². The molecule has 2 aliphatic rings. The number of fused-ring (bicyclic) bond motifs is 1. The number of methoxy groups -OCH3 is 1. The maximum atomic E-state index is 13.7. The number of hydrogen-bond donors (Lipinski definition) is 0. The van der Waals surface area contributed by atoms with Crippen molar-refractivity contribution in [3.8, 4) is 5.75 Å². The van der Waals surface area contributed by atoms with E-state index in [0.29, 0.717) is 32.7 Å². The highest BCUT2D eigenvalue weighted by Gasteiger charge is 2.61. The monoisotopic (exact) mass is 468 g/mol. The summed E-state index contributed by atoms with van der Waals surface area (Å²) in [6.07, 6.45) is -0.996. The summed E-state index contributed by atoms with van der Waals surface area (Å²) < 4.78 is 5.38. The topological polar surface area (TPSA) is 59.1 Å². The number of benzene rings is 3. The second kappa shape index (κ2) is 8.13. The second-order valence-electron chi connectivity index (χ2n) is 7.51. The minimum Gasteiger partial charge on any atom is -0.495 e. The molecule has 3 atom stereocenters. The Bertz CT molecular complexity index is 1200. The number of imide groups is 1. The Balaban J connectivity index is 1.62. The van der Waals surface area contributed by atoms with Crippen molar-refractivity contribution < 1.29 is 19.2 Å². The van der Waals surface area contributed by atoms with E-state index in [1.807, 2.05) is 30.3 Å². The summed E-state index contributed by atoms with van der Waals surface area (Å²) in [7, 11) is 1.49. The van der Waals surface area contributed by atoms with Crippen LogP contribution in [0.4, 0.5) is 11.4 Å². The van der Waals surface area contributed by atoms with Gasteiger partial charge < -0.3 is 4.74 Å². The number of nitrogens with zero attached hydrogens (tertiary/aromatic N) is 2. The zero-order chi connectivity index (χ0) is 22.4. The number of hydrogen-bond acceptors (Lipinski definition) is 5. The summed E-state index contributed by atoms with van der Waals surface area (Å²) >= 11 is 12.6. The molecule has 0 N–H and O–H groups in total. The summed E-state index contributed by atoms with van der Waals surface area (Å²) in [5, 5.41) is 2.47. The predicted octanol–water partition coefficient (Wildman–Crippen LogP) is 5.05. The van der Waals surface area contributed by atoms with Crippen LogP contribution in [-0.4, -0.2) is 25.0 Å². The van der Waals surface area contributed by atoms with E-state index >= 15 is 0 Å². The zero-order valence-electron chi connectivity index (χ0n) is 16.9. The summed E-state index contributed by atoms with van der Waals surface area (Å²) in [5.41, 5.74) is 1.74. The van der Waals surface area contributed by atoms with E-state index in [1.54, 1.807) is 47.5 Å². The third kappa shape index (κ3) is 3.23. The van der Waals surface area contributed by atoms with Crippen molar-refractivity contribution in [2.24, 2.45) is 5.92 Å². The van der Waals surface area contributed by atoms with Crippen LogP contribution in [0.25, 0.3) is 0 Å². The Hall–Kier alpha value is -3.06. The van der Waals surface area contributed by atoms with Crippen molar-refractivity contribution in [1.29, 1.82) is 0 Å². The third-order valence-electron chi connectivity index (χ3n) is 5.73. The second-order valence-corrected chi connectivity index (χ2v) is 8.35. The van der Waals surface area contributed by atoms with Gasteiger partial charge in [0.05, 0.1) is 24.5 Å². The Kier molecular flexibility index (Phi) is 5.29. The highest BCUT2D eigenvalue weighted by Crippen LogP contribution is 2.50. The van der Waals surface area contributed by atoms with Crippen LogP contribution in [0.1, 0.15) is 11.6 Å². The van der Waals surface area contributed by atoms with E-state index in [2.05, 4.69) is 0 Å². The van der Waals surface area contributed by atoms with Gasteiger partial charge in [-0.05, 0) is 42.0 Å². The number of ether oxygens (including phenoxy) is 1. The van der Waals surface area contributed by atoms with Gasteiger partial charge in [0.2, 0.25) is 5.91 Å². The maximum Gasteiger partial charge on any atom is 0.266 e. The van der Waals surface area contributed by atoms with E-state index in [9.17, 15) is 9.59 Å². The van der Waals surface area contributed by atoms with E-state index in [0.717, 1.165) is 4.90 Å². The lowest BCUT2D eigenvalue weighted by Gasteiger charge is -2.29. The SMILES string of the molecule is COc1ccccc1N1C(=O)[C@H]2[C@H](ON(c3ccccc3)[C@H]2c2ccc(Cl)cc2Cl)C1=O. The van der Waals surface area contributed by atoms with Crippen molar-refractivity contribution in [2.75, 3.05) is 17.1 Å². The standard InChI is InChI=1S/C24H18Cl2N2O4/c1-31-19-10-6-5-9-18(19)27-23(29)20-21(16-12-11-14(25)13-17(16)26)28(32-22(20)24(27)30)15-7-3-2-4-8-15/h2-13,20-22H,1H3/t20-,21+,22+/m1/s1. The Morgan fingerprint density at radius 2 is 1.62 bits per heavy atom. The molecule has 0 aliphatic carbocycles. The van der Waals surface area contributed by atoms with Crippen molar-refractivity contribution in [2.45, 2.75) is 12.1 Å². The van der Waals surface area contributed by atoms with Gasteiger partial charge in [-0.3, -0.25) is 14.4 Å². The first-order chi connectivity index (χ1) is 15.5. The summed E-state index contributed by atoms with van der Waals surface area (Å²) in [6.45, 7) is 0. The normalized spacial score (nSPS) is 22.4. The third-order valence-corrected chi connectivity index (χ3v) is 6.30. The Morgan fingerprint density at radius 3 is 2.34 bits per heavy atom. The molecule has 162 valence electrons. The van der Waals surface area contributed by atoms with E-state index in [-0.39, 0.29) is 5.91 Å². The lowest BCUT2D eigenvalue weighted by atomic mass is 9.90. The largest absolute Gasteiger partial charge is 0.495 e. The molecule has 2 amide bonds. The van der Waals surface area contributed by atoms with Gasteiger partial charge in [0, 0.05) is 10.0 Å². The molecule has 0 spiro atoms. The molecule has 2 saturated heterocycles. The van der Waals surface area contributed by atoms with Gasteiger partial charge in [0.25, 0.3) is 5.91 Å². The van der Waals surface area contributed by atoms with Gasteiger partial charge in [-0.25, -0.2) is 9.96 Å². The lowest BCUT2D eigenvalue weighted by molar-refractivity contribution is -0.126. The molecule has 6 nitrogen and oxygen atoms in total. The summed E-state index contributed by atoms with van der Waals surface area (Å²) in [5.74, 6) is -1.20. The molecule has 3 aromatic rings. The average molecular weight is 469 g/mol. The summed E-state index contributed by atoms with van der Waals surface area (Å²) in [6, 6.07) is 20.7. The first kappa shape index (κ1) is 20.8. The molecule has 5 rings (SSSR count). The van der Waals surface area contributed by atoms with Gasteiger partial charge in [-0.15, -0.1) is 0 Å². The van der Waals surface area contributed by atoms with Crippen LogP contribution in [0.15, 0.2) is 72.8 Å². The summed E-state index contributed by atoms with van der Waals surface area (Å²) in [4.78, 5) is 34.3. The molecule has 0 unspecified atom stereocenters. The van der Waals surface area contributed by atoms with Crippen LogP contribution in [0, 0.1) is 5.92 Å². The maximum absolute atomic E-state index is 13.7. The molecule has 3 aromatic carbocycles. The highest BCUT2D eigenvalue weighted by molar-refractivity contribution is 6.35. The molecule has 8 heteroatoms. The molecule has 2 heterocycles. The van der Waals surface area contributed by atoms with Crippen LogP contribution < -0.4 is 14.7 Å². The number of anilines is 2. The zero-order valence-corrected chi connectivity index (χ0v) is 18.5. The molecule has 32 heavy (non-hydrogen) atoms. The van der Waals surface area contributed by atoms with Crippen LogP contribution in [0.2, 0.25) is 10.0 Å². The first-order valence-corrected chi connectivity index (χ1v) is 10.7. The highest BCUT2D eigenvalue weighted by atomic mass is 35.5. The Labute approximate surface area is 194 Å². The minimum absolute atomic E-state index is 0.376. The van der Waals surface area contributed by atoms with Gasteiger partial charge in [-0.1, -0.05) is 59.6 Å². The fourth-order valence-corrected chi connectivity index (χ4v) is 4.84. The molecule has 2 aliphatic heterocycles. The molecule has 0 radical (unpaired) electrons. The number of carbonyl (C=O) groups is 2. The predicted molar refractivity (Wildman–Crippen MR) is 122 cm³/mol. The van der Waals surface area contributed by atoms with Crippen LogP contribution >= 0.6 is 23.2 Å². The number of amides is 2. The molecular formula is C24H18Cl2N2O4. The van der Waals surface area contributed by atoms with E-state index in [4.69, 9.17) is 32.8 Å². The van der Waals surface area contributed by atoms with Crippen molar-refractivity contribution in [3.05, 3.63) is 88.4 Å². The van der Waals surface area contributed by atoms with Gasteiger partial charge in [0.1, 0.15) is 11.7 Å². The van der Waals surface area contributed by atoms with E-state index < -0.39 is 24.0 Å². The molecular weight excluding hydrogens is 451 g/mol.